The van der Waals surface area contributed by atoms with Gasteiger partial charge < -0.3 is 14.8 Å². The number of nitrogens with one attached hydrogen (secondary N) is 1. The number of benzene rings is 1. The molecule has 8 nitrogen and oxygen atoms in total. The summed E-state index contributed by atoms with van der Waals surface area (Å²) in [5.74, 6) is -0.252. The number of anilines is 1. The van der Waals surface area contributed by atoms with Gasteiger partial charge in [-0.05, 0) is 57.2 Å². The maximum Gasteiger partial charge on any atom is 0.329 e. The monoisotopic (exact) mass is 469 g/mol. The molecule has 0 saturated heterocycles. The molecule has 3 aromatic rings. The topological polar surface area (TPSA) is 99.5 Å². The van der Waals surface area contributed by atoms with Crippen molar-refractivity contribution in [2.45, 2.75) is 58.1 Å². The SMILES string of the molecule is COc1ccccc1NC(=O)c1sc2ncn(C(C)C(=O)OC3CCCCC3)c(=O)c2c1C. The van der Waals surface area contributed by atoms with Crippen molar-refractivity contribution in [3.63, 3.8) is 0 Å². The van der Waals surface area contributed by atoms with E-state index >= 15 is 0 Å². The molecule has 1 fully saturated rings. The van der Waals surface area contributed by atoms with Crippen LogP contribution in [0.5, 0.6) is 5.75 Å². The predicted molar refractivity (Wildman–Crippen MR) is 127 cm³/mol. The zero-order valence-electron chi connectivity index (χ0n) is 18.9. The fourth-order valence-electron chi connectivity index (χ4n) is 4.12. The molecule has 0 radical (unpaired) electrons. The van der Waals surface area contributed by atoms with Crippen LogP contribution in [0, 0.1) is 6.92 Å². The Balaban J connectivity index is 1.60. The summed E-state index contributed by atoms with van der Waals surface area (Å²) >= 11 is 1.14. The van der Waals surface area contributed by atoms with Gasteiger partial charge in [0.25, 0.3) is 11.5 Å². The minimum Gasteiger partial charge on any atom is -0.495 e. The zero-order chi connectivity index (χ0) is 23.5. The van der Waals surface area contributed by atoms with Gasteiger partial charge in [-0.1, -0.05) is 18.6 Å². The van der Waals surface area contributed by atoms with E-state index in [2.05, 4.69) is 10.3 Å². The Labute approximate surface area is 195 Å². The number of carbonyl (C=O) groups is 2. The number of nitrogens with zero attached hydrogens (tertiary/aromatic N) is 2. The first-order chi connectivity index (χ1) is 15.9. The number of aryl methyl sites for hydroxylation is 1. The van der Waals surface area contributed by atoms with Crippen LogP contribution in [0.3, 0.4) is 0 Å². The Morgan fingerprint density at radius 3 is 2.67 bits per heavy atom. The zero-order valence-corrected chi connectivity index (χ0v) is 19.7. The maximum absolute atomic E-state index is 13.3. The number of carbonyl (C=O) groups excluding carboxylic acids is 2. The number of aromatic nitrogens is 2. The largest absolute Gasteiger partial charge is 0.495 e. The van der Waals surface area contributed by atoms with Gasteiger partial charge in [-0.25, -0.2) is 9.78 Å². The van der Waals surface area contributed by atoms with Crippen molar-refractivity contribution in [3.05, 3.63) is 51.4 Å². The van der Waals surface area contributed by atoms with E-state index in [1.54, 1.807) is 32.0 Å². The summed E-state index contributed by atoms with van der Waals surface area (Å²) in [5, 5.41) is 3.17. The fraction of sp³-hybridized carbons (Fsp3) is 0.417. The second-order valence-corrected chi connectivity index (χ2v) is 9.22. The molecule has 1 N–H and O–H groups in total. The molecule has 1 unspecified atom stereocenters. The van der Waals surface area contributed by atoms with E-state index in [1.807, 2.05) is 6.07 Å². The van der Waals surface area contributed by atoms with Gasteiger partial charge in [0, 0.05) is 0 Å². The number of thiophene rings is 1. The quantitative estimate of drug-likeness (QED) is 0.535. The number of rotatable bonds is 6. The molecule has 1 aromatic carbocycles. The smallest absolute Gasteiger partial charge is 0.329 e. The normalized spacial score (nSPS) is 15.2. The van der Waals surface area contributed by atoms with E-state index in [0.717, 1.165) is 43.4 Å². The summed E-state index contributed by atoms with van der Waals surface area (Å²) < 4.78 is 12.2. The lowest BCUT2D eigenvalue weighted by molar-refractivity contribution is -0.154. The minimum absolute atomic E-state index is 0.0887. The summed E-state index contributed by atoms with van der Waals surface area (Å²) in [6, 6.07) is 6.29. The third kappa shape index (κ3) is 4.64. The van der Waals surface area contributed by atoms with Gasteiger partial charge in [-0.15, -0.1) is 11.3 Å². The van der Waals surface area contributed by atoms with E-state index in [4.69, 9.17) is 9.47 Å². The highest BCUT2D eigenvalue weighted by Gasteiger charge is 2.26. The van der Waals surface area contributed by atoms with Crippen molar-refractivity contribution >= 4 is 39.1 Å². The molecule has 4 rings (SSSR count). The number of esters is 1. The van der Waals surface area contributed by atoms with Crippen LogP contribution in [0.15, 0.2) is 35.4 Å². The van der Waals surface area contributed by atoms with Gasteiger partial charge in [0.15, 0.2) is 0 Å². The van der Waals surface area contributed by atoms with Crippen molar-refractivity contribution in [2.24, 2.45) is 0 Å². The van der Waals surface area contributed by atoms with Crippen molar-refractivity contribution in [1.82, 2.24) is 9.55 Å². The van der Waals surface area contributed by atoms with Gasteiger partial charge in [0.2, 0.25) is 0 Å². The van der Waals surface area contributed by atoms with Gasteiger partial charge in [-0.3, -0.25) is 14.2 Å². The third-order valence-corrected chi connectivity index (χ3v) is 7.23. The number of hydrogen-bond donors (Lipinski definition) is 1. The molecule has 2 aromatic heterocycles. The van der Waals surface area contributed by atoms with Crippen LogP contribution < -0.4 is 15.6 Å². The first-order valence-electron chi connectivity index (χ1n) is 11.1. The Morgan fingerprint density at radius 2 is 1.94 bits per heavy atom. The summed E-state index contributed by atoms with van der Waals surface area (Å²) in [7, 11) is 1.53. The van der Waals surface area contributed by atoms with E-state index in [9.17, 15) is 14.4 Å². The molecule has 1 atom stereocenters. The Kier molecular flexibility index (Phi) is 6.78. The standard InChI is InChI=1S/C24H27N3O5S/c1-14-19-22(33-20(14)21(28)26-17-11-7-8-12-18(17)31-3)25-13-27(23(19)29)15(2)24(30)32-16-9-5-4-6-10-16/h7-8,11-13,15-16H,4-6,9-10H2,1-3H3,(H,26,28). The van der Waals surface area contributed by atoms with Gasteiger partial charge in [-0.2, -0.15) is 0 Å². The van der Waals surface area contributed by atoms with Crippen LogP contribution in [0.1, 0.15) is 60.3 Å². The second-order valence-electron chi connectivity index (χ2n) is 8.22. The minimum atomic E-state index is -0.804. The summed E-state index contributed by atoms with van der Waals surface area (Å²) in [6.07, 6.45) is 6.25. The van der Waals surface area contributed by atoms with Crippen LogP contribution in [0.2, 0.25) is 0 Å². The molecule has 33 heavy (non-hydrogen) atoms. The van der Waals surface area contributed by atoms with Crippen molar-refractivity contribution in [3.8, 4) is 5.75 Å². The Bertz CT molecular complexity index is 1240. The van der Waals surface area contributed by atoms with Crippen LogP contribution in [0.4, 0.5) is 5.69 Å². The fourth-order valence-corrected chi connectivity index (χ4v) is 5.15. The molecule has 1 aliphatic carbocycles. The Hall–Kier alpha value is -3.20. The van der Waals surface area contributed by atoms with Crippen LogP contribution in [0.25, 0.3) is 10.2 Å². The lowest BCUT2D eigenvalue weighted by Crippen LogP contribution is -2.32. The molecule has 9 heteroatoms. The highest BCUT2D eigenvalue weighted by molar-refractivity contribution is 7.20. The summed E-state index contributed by atoms with van der Waals surface area (Å²) in [4.78, 5) is 44.1. The predicted octanol–water partition coefficient (Wildman–Crippen LogP) is 4.46. The number of amides is 1. The number of hydrogen-bond acceptors (Lipinski definition) is 7. The van der Waals surface area contributed by atoms with E-state index in [-0.39, 0.29) is 17.6 Å². The van der Waals surface area contributed by atoms with Crippen LogP contribution >= 0.6 is 11.3 Å². The average molecular weight is 470 g/mol. The first kappa shape index (κ1) is 23.0. The maximum atomic E-state index is 13.3. The molecule has 0 aliphatic heterocycles. The average Bonchev–Trinajstić information content (AvgIpc) is 3.17. The third-order valence-electron chi connectivity index (χ3n) is 6.03. The lowest BCUT2D eigenvalue weighted by Gasteiger charge is -2.24. The van der Waals surface area contributed by atoms with Crippen molar-refractivity contribution in [2.75, 3.05) is 12.4 Å². The van der Waals surface area contributed by atoms with Crippen molar-refractivity contribution in [1.29, 1.82) is 0 Å². The van der Waals surface area contributed by atoms with Gasteiger partial charge in [0.05, 0.1) is 29.4 Å². The highest BCUT2D eigenvalue weighted by atomic mass is 32.1. The first-order valence-corrected chi connectivity index (χ1v) is 11.9. The number of para-hydroxylation sites is 2. The molecule has 174 valence electrons. The van der Waals surface area contributed by atoms with E-state index < -0.39 is 12.0 Å². The van der Waals surface area contributed by atoms with Crippen molar-refractivity contribution < 1.29 is 19.1 Å². The van der Waals surface area contributed by atoms with Gasteiger partial charge in [0.1, 0.15) is 22.7 Å². The lowest BCUT2D eigenvalue weighted by atomic mass is 9.98. The number of fused-ring (bicyclic) bond motifs is 1. The molecule has 2 heterocycles. The van der Waals surface area contributed by atoms with Gasteiger partial charge >= 0.3 is 5.97 Å². The van der Waals surface area contributed by atoms with Crippen LogP contribution in [-0.2, 0) is 9.53 Å². The highest BCUT2D eigenvalue weighted by Crippen LogP contribution is 2.30. The Morgan fingerprint density at radius 1 is 1.21 bits per heavy atom. The molecular weight excluding hydrogens is 442 g/mol. The molecule has 1 amide bonds. The summed E-state index contributed by atoms with van der Waals surface area (Å²) in [6.45, 7) is 3.35. The number of methoxy groups -OCH3 is 1. The molecular formula is C24H27N3O5S. The second kappa shape index (κ2) is 9.74. The van der Waals surface area contributed by atoms with E-state index in [0.29, 0.717) is 32.1 Å². The molecule has 1 saturated carbocycles. The molecule has 0 bridgehead atoms. The van der Waals surface area contributed by atoms with E-state index in [1.165, 1.54) is 18.0 Å². The van der Waals surface area contributed by atoms with Crippen LogP contribution in [-0.4, -0.2) is 34.6 Å². The number of ether oxygens (including phenoxy) is 2. The molecule has 1 aliphatic rings. The molecule has 0 spiro atoms. The summed E-state index contributed by atoms with van der Waals surface area (Å²) in [5.41, 5.74) is 0.701.